The van der Waals surface area contributed by atoms with Crippen LogP contribution in [0.15, 0.2) is 59.5 Å². The molecule has 0 amide bonds. The molecule has 3 rings (SSSR count). The molecule has 4 nitrogen and oxygen atoms in total. The first-order valence-corrected chi connectivity index (χ1v) is 10.8. The predicted octanol–water partition coefficient (Wildman–Crippen LogP) is 3.06. The SMILES string of the molecule is CSc1ccccc1N1CCN(S(=O)(=O)Cc2ccccc2)CC1. The third kappa shape index (κ3) is 3.94. The minimum Gasteiger partial charge on any atom is -0.368 e. The highest BCUT2D eigenvalue weighted by atomic mass is 32.2. The third-order valence-electron chi connectivity index (χ3n) is 4.25. The topological polar surface area (TPSA) is 40.6 Å². The number of rotatable bonds is 5. The first-order chi connectivity index (χ1) is 11.6. The van der Waals surface area contributed by atoms with Gasteiger partial charge in [0.1, 0.15) is 0 Å². The second kappa shape index (κ2) is 7.59. The van der Waals surface area contributed by atoms with Gasteiger partial charge in [-0.1, -0.05) is 42.5 Å². The van der Waals surface area contributed by atoms with Crippen LogP contribution >= 0.6 is 11.8 Å². The van der Waals surface area contributed by atoms with Crippen LogP contribution in [-0.2, 0) is 15.8 Å². The first kappa shape index (κ1) is 17.3. The van der Waals surface area contributed by atoms with Gasteiger partial charge in [-0.25, -0.2) is 8.42 Å². The molecule has 1 fully saturated rings. The van der Waals surface area contributed by atoms with E-state index in [0.717, 1.165) is 18.7 Å². The van der Waals surface area contributed by atoms with Gasteiger partial charge in [0.05, 0.1) is 11.4 Å². The average Bonchev–Trinajstić information content (AvgIpc) is 2.62. The highest BCUT2D eigenvalue weighted by Gasteiger charge is 2.27. The van der Waals surface area contributed by atoms with Crippen molar-refractivity contribution in [1.82, 2.24) is 4.31 Å². The number of sulfonamides is 1. The molecular weight excluding hydrogens is 340 g/mol. The molecule has 0 saturated carbocycles. The molecular formula is C18H22N2O2S2. The molecule has 0 aromatic heterocycles. The van der Waals surface area contributed by atoms with Crippen LogP contribution < -0.4 is 4.90 Å². The number of hydrogen-bond donors (Lipinski definition) is 0. The van der Waals surface area contributed by atoms with Gasteiger partial charge in [-0.15, -0.1) is 11.8 Å². The normalized spacial score (nSPS) is 16.3. The molecule has 0 unspecified atom stereocenters. The highest BCUT2D eigenvalue weighted by molar-refractivity contribution is 7.98. The fourth-order valence-corrected chi connectivity index (χ4v) is 5.11. The molecule has 1 aliphatic heterocycles. The second-order valence-electron chi connectivity index (χ2n) is 5.80. The lowest BCUT2D eigenvalue weighted by Crippen LogP contribution is -2.49. The summed E-state index contributed by atoms with van der Waals surface area (Å²) in [7, 11) is -3.26. The number of anilines is 1. The molecule has 1 aliphatic rings. The molecule has 0 spiro atoms. The summed E-state index contributed by atoms with van der Waals surface area (Å²) >= 11 is 1.72. The number of benzene rings is 2. The summed E-state index contributed by atoms with van der Waals surface area (Å²) < 4.78 is 26.9. The molecule has 0 atom stereocenters. The molecule has 24 heavy (non-hydrogen) atoms. The van der Waals surface area contributed by atoms with Gasteiger partial charge in [0.15, 0.2) is 0 Å². The van der Waals surface area contributed by atoms with Crippen molar-refractivity contribution in [2.45, 2.75) is 10.6 Å². The van der Waals surface area contributed by atoms with E-state index in [2.05, 4.69) is 23.3 Å². The molecule has 0 N–H and O–H groups in total. The Morgan fingerprint density at radius 2 is 1.54 bits per heavy atom. The third-order valence-corrected chi connectivity index (χ3v) is 6.88. The Kier molecular flexibility index (Phi) is 5.48. The fourth-order valence-electron chi connectivity index (χ4n) is 2.97. The van der Waals surface area contributed by atoms with Crippen LogP contribution in [0.25, 0.3) is 0 Å². The van der Waals surface area contributed by atoms with E-state index in [1.807, 2.05) is 42.5 Å². The Morgan fingerprint density at radius 3 is 2.21 bits per heavy atom. The van der Waals surface area contributed by atoms with Gasteiger partial charge in [0.2, 0.25) is 10.0 Å². The molecule has 6 heteroatoms. The van der Waals surface area contributed by atoms with Crippen molar-refractivity contribution in [3.8, 4) is 0 Å². The van der Waals surface area contributed by atoms with Gasteiger partial charge in [-0.05, 0) is 24.0 Å². The van der Waals surface area contributed by atoms with E-state index in [-0.39, 0.29) is 5.75 Å². The van der Waals surface area contributed by atoms with Crippen molar-refractivity contribution >= 4 is 27.5 Å². The fraction of sp³-hybridized carbons (Fsp3) is 0.333. The minimum atomic E-state index is -3.26. The molecule has 128 valence electrons. The van der Waals surface area contributed by atoms with E-state index < -0.39 is 10.0 Å². The molecule has 2 aromatic carbocycles. The van der Waals surface area contributed by atoms with Gasteiger partial charge < -0.3 is 4.90 Å². The first-order valence-electron chi connectivity index (χ1n) is 8.00. The summed E-state index contributed by atoms with van der Waals surface area (Å²) in [6.07, 6.45) is 2.07. The maximum Gasteiger partial charge on any atom is 0.218 e. The maximum atomic E-state index is 12.6. The lowest BCUT2D eigenvalue weighted by Gasteiger charge is -2.36. The summed E-state index contributed by atoms with van der Waals surface area (Å²) in [6.45, 7) is 2.53. The van der Waals surface area contributed by atoms with Gasteiger partial charge >= 0.3 is 0 Å². The lowest BCUT2D eigenvalue weighted by molar-refractivity contribution is 0.384. The predicted molar refractivity (Wildman–Crippen MR) is 101 cm³/mol. The van der Waals surface area contributed by atoms with E-state index in [1.54, 1.807) is 16.1 Å². The standard InChI is InChI=1S/C18H22N2O2S2/c1-23-18-10-6-5-9-17(18)19-11-13-20(14-12-19)24(21,22)15-16-7-3-2-4-8-16/h2-10H,11-15H2,1H3. The van der Waals surface area contributed by atoms with Crippen LogP contribution in [0, 0.1) is 0 Å². The van der Waals surface area contributed by atoms with Crippen molar-refractivity contribution in [2.75, 3.05) is 37.3 Å². The van der Waals surface area contributed by atoms with Crippen molar-refractivity contribution in [3.63, 3.8) is 0 Å². The Hall–Kier alpha value is -1.50. The summed E-state index contributed by atoms with van der Waals surface area (Å²) in [5, 5.41) is 0. The maximum absolute atomic E-state index is 12.6. The summed E-state index contributed by atoms with van der Waals surface area (Å²) in [5.74, 6) is 0.0786. The molecule has 0 bridgehead atoms. The van der Waals surface area contributed by atoms with Crippen LogP contribution in [0.4, 0.5) is 5.69 Å². The number of nitrogens with zero attached hydrogens (tertiary/aromatic N) is 2. The number of hydrogen-bond acceptors (Lipinski definition) is 4. The van der Waals surface area contributed by atoms with Crippen LogP contribution in [0.3, 0.4) is 0 Å². The zero-order chi connectivity index (χ0) is 17.0. The molecule has 0 radical (unpaired) electrons. The summed E-state index contributed by atoms with van der Waals surface area (Å²) in [6, 6.07) is 17.7. The van der Waals surface area contributed by atoms with Crippen molar-refractivity contribution in [3.05, 3.63) is 60.2 Å². The van der Waals surface area contributed by atoms with E-state index >= 15 is 0 Å². The number of thioether (sulfide) groups is 1. The molecule has 2 aromatic rings. The highest BCUT2D eigenvalue weighted by Crippen LogP contribution is 2.29. The van der Waals surface area contributed by atoms with Crippen LogP contribution in [0.5, 0.6) is 0 Å². The number of para-hydroxylation sites is 1. The van der Waals surface area contributed by atoms with E-state index in [9.17, 15) is 8.42 Å². The van der Waals surface area contributed by atoms with Crippen LogP contribution in [-0.4, -0.2) is 45.2 Å². The zero-order valence-electron chi connectivity index (χ0n) is 13.8. The molecule has 1 saturated heterocycles. The largest absolute Gasteiger partial charge is 0.368 e. The Morgan fingerprint density at radius 1 is 0.917 bits per heavy atom. The van der Waals surface area contributed by atoms with E-state index in [4.69, 9.17) is 0 Å². The zero-order valence-corrected chi connectivity index (χ0v) is 15.4. The van der Waals surface area contributed by atoms with Crippen molar-refractivity contribution < 1.29 is 8.42 Å². The van der Waals surface area contributed by atoms with Gasteiger partial charge in [-0.2, -0.15) is 4.31 Å². The second-order valence-corrected chi connectivity index (χ2v) is 8.62. The van der Waals surface area contributed by atoms with Crippen molar-refractivity contribution in [2.24, 2.45) is 0 Å². The quantitative estimate of drug-likeness (QED) is 0.767. The monoisotopic (exact) mass is 362 g/mol. The Labute approximate surface area is 148 Å². The lowest BCUT2D eigenvalue weighted by atomic mass is 10.2. The van der Waals surface area contributed by atoms with E-state index in [1.165, 1.54) is 10.6 Å². The van der Waals surface area contributed by atoms with Gasteiger partial charge in [0, 0.05) is 31.1 Å². The van der Waals surface area contributed by atoms with Gasteiger partial charge in [0.25, 0.3) is 0 Å². The van der Waals surface area contributed by atoms with E-state index in [0.29, 0.717) is 13.1 Å². The smallest absolute Gasteiger partial charge is 0.218 e. The molecule has 0 aliphatic carbocycles. The van der Waals surface area contributed by atoms with Gasteiger partial charge in [-0.3, -0.25) is 0 Å². The Balaban J connectivity index is 1.66. The summed E-state index contributed by atoms with van der Waals surface area (Å²) in [5.41, 5.74) is 2.04. The number of piperazine rings is 1. The minimum absolute atomic E-state index is 0.0786. The van der Waals surface area contributed by atoms with Crippen LogP contribution in [0.2, 0.25) is 0 Å². The molecule has 1 heterocycles. The average molecular weight is 363 g/mol. The van der Waals surface area contributed by atoms with Crippen molar-refractivity contribution in [1.29, 1.82) is 0 Å². The summed E-state index contributed by atoms with van der Waals surface area (Å²) in [4.78, 5) is 3.51. The Bertz CT molecular complexity index is 771. The van der Waals surface area contributed by atoms with Crippen LogP contribution in [0.1, 0.15) is 5.56 Å².